The average molecular weight is 425 g/mol. The summed E-state index contributed by atoms with van der Waals surface area (Å²) in [5.74, 6) is 0.338. The molecule has 2 aromatic carbocycles. The molecule has 0 aliphatic rings. The molecule has 0 spiro atoms. The number of methoxy groups -OCH3 is 1. The van der Waals surface area contributed by atoms with Gasteiger partial charge in [0, 0.05) is 6.54 Å². The van der Waals surface area contributed by atoms with Gasteiger partial charge in [-0.2, -0.15) is 5.26 Å². The van der Waals surface area contributed by atoms with Gasteiger partial charge in [-0.1, -0.05) is 30.3 Å². The number of amides is 1. The summed E-state index contributed by atoms with van der Waals surface area (Å²) >= 11 is 0. The van der Waals surface area contributed by atoms with Crippen LogP contribution in [0, 0.1) is 11.3 Å². The van der Waals surface area contributed by atoms with Gasteiger partial charge in [-0.15, -0.1) is 0 Å². The average Bonchev–Trinajstić information content (AvgIpc) is 2.84. The Labute approximate surface area is 183 Å². The smallest absolute Gasteiger partial charge is 0.270 e. The van der Waals surface area contributed by atoms with Gasteiger partial charge < -0.3 is 10.1 Å². The molecule has 0 saturated heterocycles. The molecule has 4 rings (SSSR count). The van der Waals surface area contributed by atoms with Gasteiger partial charge in [0.1, 0.15) is 11.4 Å². The van der Waals surface area contributed by atoms with Crippen LogP contribution in [0.4, 0.5) is 0 Å². The number of fused-ring (bicyclic) bond motifs is 1. The number of benzene rings is 2. The minimum absolute atomic E-state index is 0.125. The van der Waals surface area contributed by atoms with Gasteiger partial charge >= 0.3 is 0 Å². The minimum Gasteiger partial charge on any atom is -0.497 e. The van der Waals surface area contributed by atoms with E-state index in [0.29, 0.717) is 23.2 Å². The van der Waals surface area contributed by atoms with E-state index in [4.69, 9.17) is 4.74 Å². The molecule has 0 unspecified atom stereocenters. The summed E-state index contributed by atoms with van der Waals surface area (Å²) in [7, 11) is 1.59. The molecule has 0 bridgehead atoms. The minimum atomic E-state index is -0.396. The molecule has 0 radical (unpaired) electrons. The van der Waals surface area contributed by atoms with E-state index >= 15 is 0 Å². The van der Waals surface area contributed by atoms with Crippen LogP contribution in [0.15, 0.2) is 71.9 Å². The van der Waals surface area contributed by atoms with Gasteiger partial charge in [-0.3, -0.25) is 14.2 Å². The van der Waals surface area contributed by atoms with E-state index in [2.05, 4.69) is 21.4 Å². The van der Waals surface area contributed by atoms with Crippen molar-refractivity contribution >= 4 is 16.8 Å². The fourth-order valence-corrected chi connectivity index (χ4v) is 3.27. The zero-order valence-electron chi connectivity index (χ0n) is 17.3. The van der Waals surface area contributed by atoms with Crippen molar-refractivity contribution in [2.45, 2.75) is 13.1 Å². The summed E-state index contributed by atoms with van der Waals surface area (Å²) in [5.41, 5.74) is 2.32. The lowest BCUT2D eigenvalue weighted by Crippen LogP contribution is -2.25. The highest BCUT2D eigenvalue weighted by Crippen LogP contribution is 2.13. The number of carbonyl (C=O) groups excluding carboxylic acids is 1. The fourth-order valence-electron chi connectivity index (χ4n) is 3.27. The van der Waals surface area contributed by atoms with Crippen LogP contribution < -0.4 is 15.6 Å². The summed E-state index contributed by atoms with van der Waals surface area (Å²) in [5, 5.41) is 12.4. The topological polar surface area (TPSA) is 110 Å². The first-order valence-electron chi connectivity index (χ1n) is 9.83. The molecule has 8 nitrogen and oxygen atoms in total. The predicted molar refractivity (Wildman–Crippen MR) is 118 cm³/mol. The second kappa shape index (κ2) is 9.10. The van der Waals surface area contributed by atoms with Crippen molar-refractivity contribution < 1.29 is 9.53 Å². The zero-order valence-corrected chi connectivity index (χ0v) is 17.3. The van der Waals surface area contributed by atoms with Crippen LogP contribution in [0.3, 0.4) is 0 Å². The number of hydrogen-bond acceptors (Lipinski definition) is 6. The second-order valence-electron chi connectivity index (χ2n) is 7.06. The Hall–Kier alpha value is -4.51. The first-order valence-corrected chi connectivity index (χ1v) is 9.83. The Bertz CT molecular complexity index is 1390. The van der Waals surface area contributed by atoms with Crippen molar-refractivity contribution in [3.8, 4) is 11.8 Å². The molecule has 158 valence electrons. The van der Waals surface area contributed by atoms with E-state index in [9.17, 15) is 14.9 Å². The number of rotatable bonds is 6. The Balaban J connectivity index is 1.57. The third kappa shape index (κ3) is 4.32. The molecular formula is C24H19N5O3. The lowest BCUT2D eigenvalue weighted by atomic mass is 10.1. The van der Waals surface area contributed by atoms with Crippen molar-refractivity contribution in [3.63, 3.8) is 0 Å². The number of nitrogens with one attached hydrogen (secondary N) is 1. The zero-order chi connectivity index (χ0) is 22.5. The van der Waals surface area contributed by atoms with Crippen LogP contribution >= 0.6 is 0 Å². The summed E-state index contributed by atoms with van der Waals surface area (Å²) in [6, 6.07) is 18.0. The number of nitrogens with zero attached hydrogens (tertiary/aromatic N) is 4. The van der Waals surface area contributed by atoms with Crippen molar-refractivity contribution in [2.24, 2.45) is 0 Å². The van der Waals surface area contributed by atoms with Crippen molar-refractivity contribution in [3.05, 3.63) is 99.9 Å². The Morgan fingerprint density at radius 3 is 2.69 bits per heavy atom. The van der Waals surface area contributed by atoms with E-state index in [1.165, 1.54) is 23.2 Å². The normalized spacial score (nSPS) is 10.5. The van der Waals surface area contributed by atoms with E-state index < -0.39 is 5.91 Å². The predicted octanol–water partition coefficient (Wildman–Crippen LogP) is 2.65. The quantitative estimate of drug-likeness (QED) is 0.509. The third-order valence-electron chi connectivity index (χ3n) is 5.03. The summed E-state index contributed by atoms with van der Waals surface area (Å²) in [6.45, 7) is 0.511. The summed E-state index contributed by atoms with van der Waals surface area (Å²) in [4.78, 5) is 34.0. The number of ether oxygens (including phenoxy) is 1. The molecule has 0 fully saturated rings. The molecule has 2 aromatic heterocycles. The molecule has 0 atom stereocenters. The van der Waals surface area contributed by atoms with Gasteiger partial charge in [-0.05, 0) is 35.4 Å². The summed E-state index contributed by atoms with van der Waals surface area (Å²) < 4.78 is 6.54. The molecule has 8 heteroatoms. The van der Waals surface area contributed by atoms with Crippen LogP contribution in [0.1, 0.15) is 27.2 Å². The lowest BCUT2D eigenvalue weighted by Gasteiger charge is -2.09. The third-order valence-corrected chi connectivity index (χ3v) is 5.03. The van der Waals surface area contributed by atoms with Crippen LogP contribution in [0.5, 0.6) is 5.75 Å². The molecule has 1 N–H and O–H groups in total. The molecule has 0 aliphatic heterocycles. The monoisotopic (exact) mass is 425 g/mol. The largest absolute Gasteiger partial charge is 0.497 e. The van der Waals surface area contributed by atoms with Crippen molar-refractivity contribution in [1.29, 1.82) is 5.26 Å². The highest BCUT2D eigenvalue weighted by atomic mass is 16.5. The van der Waals surface area contributed by atoms with E-state index in [1.54, 1.807) is 25.3 Å². The fraction of sp³-hybridized carbons (Fsp3) is 0.125. The number of pyridine rings is 1. The van der Waals surface area contributed by atoms with E-state index in [0.717, 1.165) is 11.3 Å². The van der Waals surface area contributed by atoms with Crippen LogP contribution in [-0.2, 0) is 13.1 Å². The maximum Gasteiger partial charge on any atom is 0.270 e. The molecular weight excluding hydrogens is 406 g/mol. The molecule has 1 amide bonds. The Morgan fingerprint density at radius 2 is 1.94 bits per heavy atom. The number of carbonyl (C=O) groups is 1. The lowest BCUT2D eigenvalue weighted by molar-refractivity contribution is 0.0946. The van der Waals surface area contributed by atoms with Gasteiger partial charge in [0.25, 0.3) is 11.5 Å². The highest BCUT2D eigenvalue weighted by molar-refractivity contribution is 5.95. The van der Waals surface area contributed by atoms with Crippen molar-refractivity contribution in [1.82, 2.24) is 19.9 Å². The molecule has 0 aliphatic carbocycles. The van der Waals surface area contributed by atoms with E-state index in [1.807, 2.05) is 30.3 Å². The maximum absolute atomic E-state index is 13.0. The number of nitriles is 1. The SMILES string of the molecule is COc1ccc(CNC(=O)c2cc3c(=O)n(Cc4ccccc4C#N)cnc3cn2)cc1. The van der Waals surface area contributed by atoms with Crippen molar-refractivity contribution in [2.75, 3.05) is 7.11 Å². The number of hydrogen-bond donors (Lipinski definition) is 1. The Morgan fingerprint density at radius 1 is 1.16 bits per heavy atom. The molecule has 4 aromatic rings. The van der Waals surface area contributed by atoms with Crippen LogP contribution in [0.2, 0.25) is 0 Å². The Kier molecular flexibility index (Phi) is 5.90. The molecule has 32 heavy (non-hydrogen) atoms. The van der Waals surface area contributed by atoms with Crippen LogP contribution in [-0.4, -0.2) is 27.6 Å². The van der Waals surface area contributed by atoms with Gasteiger partial charge in [-0.25, -0.2) is 9.97 Å². The van der Waals surface area contributed by atoms with E-state index in [-0.39, 0.29) is 23.2 Å². The van der Waals surface area contributed by atoms with Gasteiger partial charge in [0.2, 0.25) is 0 Å². The molecule has 2 heterocycles. The highest BCUT2D eigenvalue weighted by Gasteiger charge is 2.12. The van der Waals surface area contributed by atoms with Gasteiger partial charge in [0.15, 0.2) is 0 Å². The summed E-state index contributed by atoms with van der Waals surface area (Å²) in [6.07, 6.45) is 2.83. The van der Waals surface area contributed by atoms with Crippen LogP contribution in [0.25, 0.3) is 10.9 Å². The van der Waals surface area contributed by atoms with Gasteiger partial charge in [0.05, 0.1) is 48.7 Å². The second-order valence-corrected chi connectivity index (χ2v) is 7.06. The standard InChI is InChI=1S/C24H19N5O3/c1-32-19-8-6-16(7-9-19)12-27-23(30)21-10-20-22(13-26-21)28-15-29(24(20)31)14-18-5-3-2-4-17(18)11-25/h2-10,13,15H,12,14H2,1H3,(H,27,30). The number of aromatic nitrogens is 3. The maximum atomic E-state index is 13.0. The first kappa shape index (κ1) is 20.8. The molecule has 0 saturated carbocycles. The first-order chi connectivity index (χ1) is 15.6.